The zero-order chi connectivity index (χ0) is 9.68. The molecule has 4 nitrogen and oxygen atoms in total. The number of hydrogen-bond acceptors (Lipinski definition) is 4. The minimum absolute atomic E-state index is 0.258. The summed E-state index contributed by atoms with van der Waals surface area (Å²) >= 11 is 1.91. The van der Waals surface area contributed by atoms with Crippen molar-refractivity contribution in [2.45, 2.75) is 5.25 Å². The number of rotatable bonds is 2. The van der Waals surface area contributed by atoms with Gasteiger partial charge in [0, 0.05) is 37.7 Å². The summed E-state index contributed by atoms with van der Waals surface area (Å²) in [4.78, 5) is 12.7. The van der Waals surface area contributed by atoms with Crippen LogP contribution in [-0.2, 0) is 4.74 Å². The van der Waals surface area contributed by atoms with E-state index in [0.29, 0.717) is 5.25 Å². The van der Waals surface area contributed by atoms with Crippen LogP contribution in [-0.4, -0.2) is 55.8 Å². The van der Waals surface area contributed by atoms with E-state index in [2.05, 4.69) is 10.1 Å². The van der Waals surface area contributed by atoms with E-state index in [1.807, 2.05) is 11.8 Å². The Morgan fingerprint density at radius 1 is 1.77 bits per heavy atom. The first-order valence-electron chi connectivity index (χ1n) is 4.35. The monoisotopic (exact) mass is 204 g/mol. The number of ether oxygens (including phenoxy) is 1. The Kier molecular flexibility index (Phi) is 4.38. The van der Waals surface area contributed by atoms with Crippen LogP contribution in [0.1, 0.15) is 0 Å². The fraction of sp³-hybridized carbons (Fsp3) is 0.875. The van der Waals surface area contributed by atoms with Gasteiger partial charge >= 0.3 is 6.09 Å². The van der Waals surface area contributed by atoms with E-state index in [0.717, 1.165) is 25.4 Å². The van der Waals surface area contributed by atoms with Crippen LogP contribution >= 0.6 is 11.8 Å². The second-order valence-electron chi connectivity index (χ2n) is 3.05. The molecule has 0 bridgehead atoms. The molecule has 1 atom stereocenters. The Morgan fingerprint density at radius 3 is 3.08 bits per heavy atom. The highest BCUT2D eigenvalue weighted by Gasteiger charge is 2.18. The van der Waals surface area contributed by atoms with Gasteiger partial charge in [0.15, 0.2) is 0 Å². The molecule has 0 aromatic heterocycles. The third kappa shape index (κ3) is 3.44. The molecular weight excluding hydrogens is 188 g/mol. The van der Waals surface area contributed by atoms with Gasteiger partial charge in [-0.05, 0) is 0 Å². The molecular formula is C8H16N2O2S. The molecule has 1 unspecified atom stereocenters. The molecule has 1 N–H and O–H groups in total. The Morgan fingerprint density at radius 2 is 2.54 bits per heavy atom. The molecule has 1 aliphatic heterocycles. The molecule has 5 heteroatoms. The minimum Gasteiger partial charge on any atom is -0.453 e. The van der Waals surface area contributed by atoms with E-state index in [1.54, 1.807) is 11.9 Å². The molecule has 13 heavy (non-hydrogen) atoms. The van der Waals surface area contributed by atoms with Gasteiger partial charge in [0.05, 0.1) is 7.11 Å². The predicted octanol–water partition coefficient (Wildman–Crippen LogP) is 0.390. The number of hydrogen-bond donors (Lipinski definition) is 1. The summed E-state index contributed by atoms with van der Waals surface area (Å²) in [7, 11) is 3.17. The van der Waals surface area contributed by atoms with E-state index in [-0.39, 0.29) is 6.09 Å². The van der Waals surface area contributed by atoms with Crippen LogP contribution in [0.5, 0.6) is 0 Å². The fourth-order valence-corrected chi connectivity index (χ4v) is 2.43. The van der Waals surface area contributed by atoms with E-state index in [9.17, 15) is 4.79 Å². The molecule has 1 aliphatic rings. The van der Waals surface area contributed by atoms with Crippen molar-refractivity contribution in [2.24, 2.45) is 0 Å². The van der Waals surface area contributed by atoms with Crippen molar-refractivity contribution in [3.63, 3.8) is 0 Å². The summed E-state index contributed by atoms with van der Waals surface area (Å²) in [6.07, 6.45) is -0.258. The smallest absolute Gasteiger partial charge is 0.409 e. The largest absolute Gasteiger partial charge is 0.453 e. The first-order valence-corrected chi connectivity index (χ1v) is 5.40. The molecule has 0 aromatic carbocycles. The second-order valence-corrected chi connectivity index (χ2v) is 4.46. The van der Waals surface area contributed by atoms with Crippen molar-refractivity contribution in [1.82, 2.24) is 10.2 Å². The molecule has 1 saturated heterocycles. The quantitative estimate of drug-likeness (QED) is 0.706. The van der Waals surface area contributed by atoms with Crippen LogP contribution in [0.4, 0.5) is 4.79 Å². The fourth-order valence-electron chi connectivity index (χ4n) is 1.27. The lowest BCUT2D eigenvalue weighted by molar-refractivity contribution is 0.133. The van der Waals surface area contributed by atoms with Gasteiger partial charge in [-0.25, -0.2) is 4.79 Å². The molecule has 0 aromatic rings. The molecule has 0 saturated carbocycles. The van der Waals surface area contributed by atoms with Gasteiger partial charge in [-0.3, -0.25) is 0 Å². The zero-order valence-electron chi connectivity index (χ0n) is 8.08. The number of nitrogens with one attached hydrogen (secondary N) is 1. The maximum absolute atomic E-state index is 11.1. The summed E-state index contributed by atoms with van der Waals surface area (Å²) in [6, 6.07) is 0. The van der Waals surface area contributed by atoms with Gasteiger partial charge < -0.3 is 15.0 Å². The van der Waals surface area contributed by atoms with Crippen LogP contribution in [0.15, 0.2) is 0 Å². The lowest BCUT2D eigenvalue weighted by Gasteiger charge is -2.26. The van der Waals surface area contributed by atoms with Crippen molar-refractivity contribution >= 4 is 17.9 Å². The molecule has 76 valence electrons. The van der Waals surface area contributed by atoms with Crippen LogP contribution in [0.25, 0.3) is 0 Å². The second kappa shape index (κ2) is 5.34. The topological polar surface area (TPSA) is 41.6 Å². The van der Waals surface area contributed by atoms with Gasteiger partial charge in [-0.15, -0.1) is 0 Å². The summed E-state index contributed by atoms with van der Waals surface area (Å²) in [5.41, 5.74) is 0. The summed E-state index contributed by atoms with van der Waals surface area (Å²) < 4.78 is 4.61. The number of amides is 1. The van der Waals surface area contributed by atoms with Crippen LogP contribution in [0.3, 0.4) is 0 Å². The maximum Gasteiger partial charge on any atom is 0.409 e. The molecule has 1 heterocycles. The first kappa shape index (κ1) is 10.7. The average molecular weight is 204 g/mol. The molecule has 1 amide bonds. The summed E-state index contributed by atoms with van der Waals surface area (Å²) in [5, 5.41) is 3.80. The highest BCUT2D eigenvalue weighted by Crippen LogP contribution is 2.14. The Labute approximate surface area is 83.0 Å². The van der Waals surface area contributed by atoms with Crippen LogP contribution in [0, 0.1) is 0 Å². The first-order chi connectivity index (χ1) is 6.24. The van der Waals surface area contributed by atoms with Gasteiger partial charge in [0.25, 0.3) is 0 Å². The average Bonchev–Trinajstić information content (AvgIpc) is 2.18. The highest BCUT2D eigenvalue weighted by atomic mass is 32.2. The van der Waals surface area contributed by atoms with Crippen molar-refractivity contribution in [3.8, 4) is 0 Å². The number of nitrogens with zero attached hydrogens (tertiary/aromatic N) is 1. The molecule has 0 spiro atoms. The Balaban J connectivity index is 2.25. The third-order valence-electron chi connectivity index (χ3n) is 1.97. The summed E-state index contributed by atoms with van der Waals surface area (Å²) in [6.45, 7) is 2.81. The minimum atomic E-state index is -0.258. The third-order valence-corrected chi connectivity index (χ3v) is 3.20. The van der Waals surface area contributed by atoms with Gasteiger partial charge in [-0.2, -0.15) is 11.8 Å². The number of carbonyl (C=O) groups is 1. The SMILES string of the molecule is COC(=O)N(C)CC1CNCCS1. The maximum atomic E-state index is 11.1. The Hall–Kier alpha value is -0.420. The predicted molar refractivity (Wildman–Crippen MR) is 54.2 cm³/mol. The molecule has 1 fully saturated rings. The van der Waals surface area contributed by atoms with Gasteiger partial charge in [0.2, 0.25) is 0 Å². The standard InChI is InChI=1S/C8H16N2O2S/c1-10(8(11)12-2)6-7-5-9-3-4-13-7/h7,9H,3-6H2,1-2H3. The normalized spacial score (nSPS) is 22.5. The van der Waals surface area contributed by atoms with Crippen molar-refractivity contribution in [1.29, 1.82) is 0 Å². The number of methoxy groups -OCH3 is 1. The highest BCUT2D eigenvalue weighted by molar-refractivity contribution is 8.00. The van der Waals surface area contributed by atoms with Crippen molar-refractivity contribution in [2.75, 3.05) is 39.5 Å². The van der Waals surface area contributed by atoms with Crippen molar-refractivity contribution < 1.29 is 9.53 Å². The van der Waals surface area contributed by atoms with E-state index >= 15 is 0 Å². The van der Waals surface area contributed by atoms with Gasteiger partial charge in [0.1, 0.15) is 0 Å². The zero-order valence-corrected chi connectivity index (χ0v) is 8.89. The molecule has 1 rings (SSSR count). The van der Waals surface area contributed by atoms with E-state index in [1.165, 1.54) is 7.11 Å². The molecule has 0 aliphatic carbocycles. The van der Waals surface area contributed by atoms with E-state index in [4.69, 9.17) is 0 Å². The van der Waals surface area contributed by atoms with Gasteiger partial charge in [-0.1, -0.05) is 0 Å². The summed E-state index contributed by atoms with van der Waals surface area (Å²) in [5.74, 6) is 1.12. The number of thioether (sulfide) groups is 1. The van der Waals surface area contributed by atoms with Crippen LogP contribution < -0.4 is 5.32 Å². The number of carbonyl (C=O) groups excluding carboxylic acids is 1. The lowest BCUT2D eigenvalue weighted by atomic mass is 10.4. The van der Waals surface area contributed by atoms with Crippen LogP contribution in [0.2, 0.25) is 0 Å². The van der Waals surface area contributed by atoms with Crippen molar-refractivity contribution in [3.05, 3.63) is 0 Å². The lowest BCUT2D eigenvalue weighted by Crippen LogP contribution is -2.41. The Bertz CT molecular complexity index is 172. The van der Waals surface area contributed by atoms with E-state index < -0.39 is 0 Å². The molecule has 0 radical (unpaired) electrons.